The van der Waals surface area contributed by atoms with E-state index < -0.39 is 23.9 Å². The van der Waals surface area contributed by atoms with Crippen molar-refractivity contribution in [1.82, 2.24) is 19.6 Å². The zero-order valence-corrected chi connectivity index (χ0v) is 20.1. The Bertz CT molecular complexity index is 1440. The first-order chi connectivity index (χ1) is 17.4. The van der Waals surface area contributed by atoms with Crippen molar-refractivity contribution in [3.63, 3.8) is 0 Å². The first-order valence-corrected chi connectivity index (χ1v) is 11.2. The van der Waals surface area contributed by atoms with E-state index in [-0.39, 0.29) is 53.1 Å². The van der Waals surface area contributed by atoms with E-state index in [1.807, 2.05) is 0 Å². The van der Waals surface area contributed by atoms with Gasteiger partial charge in [-0.05, 0) is 32.0 Å². The fourth-order valence-electron chi connectivity index (χ4n) is 4.04. The smallest absolute Gasteiger partial charge is 0.365 e. The minimum absolute atomic E-state index is 0.00404. The maximum Gasteiger partial charge on any atom is 0.493 e. The van der Waals surface area contributed by atoms with Gasteiger partial charge in [-0.15, -0.1) is 6.58 Å². The highest BCUT2D eigenvalue weighted by atomic mass is 19.4. The van der Waals surface area contributed by atoms with Crippen molar-refractivity contribution in [2.45, 2.75) is 26.4 Å². The summed E-state index contributed by atoms with van der Waals surface area (Å²) in [6, 6.07) is 3.67. The molecule has 194 valence electrons. The van der Waals surface area contributed by atoms with E-state index in [0.29, 0.717) is 22.8 Å². The van der Waals surface area contributed by atoms with Crippen molar-refractivity contribution in [3.8, 4) is 11.3 Å². The number of carbonyl (C=O) groups is 2. The number of halogens is 4. The summed E-state index contributed by atoms with van der Waals surface area (Å²) in [7, 11) is 0. The molecule has 1 aliphatic rings. The van der Waals surface area contributed by atoms with Gasteiger partial charge in [-0.25, -0.2) is 19.2 Å². The molecule has 37 heavy (non-hydrogen) atoms. The zero-order valence-electron chi connectivity index (χ0n) is 20.1. The third kappa shape index (κ3) is 4.91. The summed E-state index contributed by atoms with van der Waals surface area (Å²) in [4.78, 5) is 39.9. The Labute approximate surface area is 209 Å². The van der Waals surface area contributed by atoms with Gasteiger partial charge in [0.2, 0.25) is 0 Å². The summed E-state index contributed by atoms with van der Waals surface area (Å²) in [6.07, 6.45) is -3.76. The van der Waals surface area contributed by atoms with E-state index >= 15 is 4.39 Å². The number of anilines is 1. The Kier molecular flexibility index (Phi) is 6.76. The average Bonchev–Trinajstić information content (AvgIpc) is 3.17. The molecule has 3 aromatic rings. The van der Waals surface area contributed by atoms with E-state index in [1.165, 1.54) is 23.1 Å². The van der Waals surface area contributed by atoms with Crippen molar-refractivity contribution in [2.24, 2.45) is 0 Å². The molecule has 1 aliphatic heterocycles. The number of fused-ring (bicyclic) bond motifs is 2. The Morgan fingerprint density at radius 1 is 1.30 bits per heavy atom. The molecular weight excluding hydrogens is 494 g/mol. The molecule has 0 bridgehead atoms. The van der Waals surface area contributed by atoms with E-state index in [0.717, 1.165) is 11.6 Å². The molecule has 8 nitrogen and oxygen atoms in total. The van der Waals surface area contributed by atoms with E-state index in [9.17, 15) is 22.8 Å². The first kappa shape index (κ1) is 25.9. The summed E-state index contributed by atoms with van der Waals surface area (Å²) < 4.78 is 55.4. The highest BCUT2D eigenvalue weighted by Crippen LogP contribution is 2.36. The number of hydrogen-bond acceptors (Lipinski definition) is 6. The number of amides is 1. The summed E-state index contributed by atoms with van der Waals surface area (Å²) >= 11 is 0. The molecule has 0 saturated heterocycles. The molecule has 2 aromatic heterocycles. The van der Waals surface area contributed by atoms with Gasteiger partial charge in [0.25, 0.3) is 5.91 Å². The Balaban J connectivity index is 1.96. The fraction of sp³-hybridized carbons (Fsp3) is 0.280. The van der Waals surface area contributed by atoms with Crippen molar-refractivity contribution in [3.05, 3.63) is 65.8 Å². The summed E-state index contributed by atoms with van der Waals surface area (Å²) in [5, 5.41) is 3.04. The Morgan fingerprint density at radius 2 is 2.03 bits per heavy atom. The van der Waals surface area contributed by atoms with Crippen LogP contribution in [0.1, 0.15) is 28.7 Å². The van der Waals surface area contributed by atoms with Gasteiger partial charge in [0.15, 0.2) is 0 Å². The monoisotopic (exact) mass is 517 g/mol. The highest BCUT2D eigenvalue weighted by molar-refractivity contribution is 6.00. The van der Waals surface area contributed by atoms with E-state index in [2.05, 4.69) is 28.4 Å². The lowest BCUT2D eigenvalue weighted by Gasteiger charge is -2.26. The van der Waals surface area contributed by atoms with E-state index in [1.54, 1.807) is 13.8 Å². The van der Waals surface area contributed by atoms with E-state index in [4.69, 9.17) is 4.84 Å². The van der Waals surface area contributed by atoms with Crippen LogP contribution < -0.4 is 10.2 Å². The van der Waals surface area contributed by atoms with Crippen LogP contribution >= 0.6 is 0 Å². The number of rotatable bonds is 7. The van der Waals surface area contributed by atoms with Gasteiger partial charge in [0.05, 0.1) is 33.7 Å². The van der Waals surface area contributed by atoms with Crippen LogP contribution in [0.4, 0.5) is 23.4 Å². The topological polar surface area (TPSA) is 89.3 Å². The number of benzene rings is 1. The van der Waals surface area contributed by atoms with Crippen molar-refractivity contribution < 1.29 is 32.0 Å². The molecule has 1 amide bonds. The predicted molar refractivity (Wildman–Crippen MR) is 128 cm³/mol. The summed E-state index contributed by atoms with van der Waals surface area (Å²) in [6.45, 7) is 11.6. The molecule has 1 aromatic carbocycles. The lowest BCUT2D eigenvalue weighted by atomic mass is 10.1. The van der Waals surface area contributed by atoms with Crippen LogP contribution in [0, 0.1) is 12.7 Å². The Morgan fingerprint density at radius 3 is 2.68 bits per heavy atom. The van der Waals surface area contributed by atoms with Crippen molar-refractivity contribution >= 4 is 28.7 Å². The minimum Gasteiger partial charge on any atom is -0.365 e. The normalized spacial score (nSPS) is 13.5. The summed E-state index contributed by atoms with van der Waals surface area (Å²) in [5.41, 5.74) is 1.000. The maximum absolute atomic E-state index is 15.4. The van der Waals surface area contributed by atoms with Gasteiger partial charge in [0, 0.05) is 26.1 Å². The number of alkyl halides is 3. The number of aromatic nitrogens is 3. The SMILES string of the molecule is C=CCN1CCc2c(cc(-c3c(F)ccc4nc(C)c(NCC(=C)C)nc34)n2OC(=O)C(F)(F)F)C1=O. The third-order valence-electron chi connectivity index (χ3n) is 5.72. The van der Waals surface area contributed by atoms with Gasteiger partial charge < -0.3 is 15.1 Å². The van der Waals surface area contributed by atoms with Crippen LogP contribution in [0.2, 0.25) is 0 Å². The summed E-state index contributed by atoms with van der Waals surface area (Å²) in [5.74, 6) is -3.58. The second kappa shape index (κ2) is 9.68. The lowest BCUT2D eigenvalue weighted by Crippen LogP contribution is -2.39. The third-order valence-corrected chi connectivity index (χ3v) is 5.72. The zero-order chi connectivity index (χ0) is 27.1. The number of nitrogens with one attached hydrogen (secondary N) is 1. The van der Waals surface area contributed by atoms with Crippen LogP contribution in [0.5, 0.6) is 0 Å². The van der Waals surface area contributed by atoms with Crippen molar-refractivity contribution in [1.29, 1.82) is 0 Å². The predicted octanol–water partition coefficient (Wildman–Crippen LogP) is 4.24. The minimum atomic E-state index is -5.32. The largest absolute Gasteiger partial charge is 0.493 e. The molecule has 1 N–H and O–H groups in total. The molecular formula is C25H23F4N5O3. The average molecular weight is 517 g/mol. The molecule has 3 heterocycles. The second-order valence-electron chi connectivity index (χ2n) is 8.61. The second-order valence-corrected chi connectivity index (χ2v) is 8.61. The van der Waals surface area contributed by atoms with Crippen LogP contribution in [0.3, 0.4) is 0 Å². The number of nitrogens with zero attached hydrogens (tertiary/aromatic N) is 4. The number of carbonyl (C=O) groups excluding carboxylic acids is 2. The standard InChI is InChI=1S/C25H23F4N5O3/c1-5-9-33-10-8-18-15(23(33)35)11-19(34(18)37-24(36)25(27,28)29)20-16(26)6-7-17-21(20)32-22(14(4)31-17)30-12-13(2)3/h5-7,11H,1-2,8-10,12H2,3-4H3,(H,30,32). The molecule has 12 heteroatoms. The number of aryl methyl sites for hydroxylation is 1. The molecule has 0 unspecified atom stereocenters. The quantitative estimate of drug-likeness (QED) is 0.373. The maximum atomic E-state index is 15.4. The van der Waals surface area contributed by atoms with Gasteiger partial charge in [-0.1, -0.05) is 18.2 Å². The molecule has 0 spiro atoms. The van der Waals surface area contributed by atoms with Gasteiger partial charge in [-0.2, -0.15) is 17.9 Å². The highest BCUT2D eigenvalue weighted by Gasteiger charge is 2.43. The molecule has 0 fully saturated rings. The first-order valence-electron chi connectivity index (χ1n) is 11.2. The molecule has 0 radical (unpaired) electrons. The van der Waals surface area contributed by atoms with Gasteiger partial charge in [0.1, 0.15) is 17.2 Å². The van der Waals surface area contributed by atoms with Crippen molar-refractivity contribution in [2.75, 3.05) is 25.0 Å². The van der Waals surface area contributed by atoms with Crippen LogP contribution in [-0.2, 0) is 11.2 Å². The van der Waals surface area contributed by atoms with Crippen LogP contribution in [-0.4, -0.2) is 57.3 Å². The van der Waals surface area contributed by atoms with Crippen LogP contribution in [0.15, 0.2) is 43.0 Å². The van der Waals surface area contributed by atoms with Gasteiger partial charge >= 0.3 is 12.1 Å². The van der Waals surface area contributed by atoms with Crippen LogP contribution in [0.25, 0.3) is 22.3 Å². The number of hydrogen-bond donors (Lipinski definition) is 1. The lowest BCUT2D eigenvalue weighted by molar-refractivity contribution is -0.200. The molecule has 0 saturated carbocycles. The Hall–Kier alpha value is -4.22. The van der Waals surface area contributed by atoms with Gasteiger partial charge in [-0.3, -0.25) is 4.79 Å². The molecule has 4 rings (SSSR count). The molecule has 0 atom stereocenters. The fourth-order valence-corrected chi connectivity index (χ4v) is 4.04. The molecule has 0 aliphatic carbocycles.